The predicted molar refractivity (Wildman–Crippen MR) is 284 cm³/mol. The number of primary amides is 2. The molecule has 0 aromatic rings. The molecule has 80 heavy (non-hydrogen) atoms. The van der Waals surface area contributed by atoms with E-state index in [9.17, 15) is 82.4 Å². The van der Waals surface area contributed by atoms with Crippen molar-refractivity contribution in [2.24, 2.45) is 46.8 Å². The van der Waals surface area contributed by atoms with E-state index in [4.69, 9.17) is 22.3 Å². The predicted octanol–water partition coefficient (Wildman–Crippen LogP) is -3.93. The van der Waals surface area contributed by atoms with Crippen LogP contribution in [0, 0.1) is 29.6 Å². The highest BCUT2D eigenvalue weighted by molar-refractivity contribution is 6.00. The standard InChI is InChI=1S/C50H86N12O18/c1-11-25(9)39(61-41(70)27(51)13-15-36(66)67)48(77)54-28(14-16-37(68)69)42(71)55-31(19-34(52)64)45(74)60-38(24(7)8)47(76)56-30(18-23(5)6)44(73)59-33(21-63)46(75)62-40(26(10)12-2)49(78)57-29(17-22(3)4)43(72)58-32(50(79)80)20-35(53)65/h22-33,38-40,63H,11-21,51H2,1-10H3,(H2,52,64)(H2,53,65)(H,54,77)(H,55,71)(H,56,76)(H,57,78)(H,58,72)(H,59,73)(H,60,74)(H,61,70)(H,62,75)(H,66,67)(H,68,69)(H,79,80)/t25-,26-,27-,28-,29-,30-,31-,32-,33-,38-,39-,40-/m0/s1. The van der Waals surface area contributed by atoms with Crippen molar-refractivity contribution in [3.05, 3.63) is 0 Å². The molecule has 0 aliphatic carbocycles. The SMILES string of the molecule is CC[C@H](C)[C@H](NC(=O)[C@H](CO)NC(=O)[C@H](CC(C)C)NC(=O)[C@@H](NC(=O)[C@H](CC(N)=O)NC(=O)[C@H](CCC(=O)O)NC(=O)[C@@H](NC(=O)[C@@H](N)CCC(=O)O)[C@@H](C)CC)C(C)C)C(=O)N[C@@H](CC(C)C)C(=O)N[C@@H](CC(N)=O)C(=O)O. The van der Waals surface area contributed by atoms with Crippen molar-refractivity contribution >= 4 is 82.9 Å². The van der Waals surface area contributed by atoms with Crippen LogP contribution in [0.15, 0.2) is 0 Å². The topological polar surface area (TPSA) is 506 Å². The highest BCUT2D eigenvalue weighted by Crippen LogP contribution is 2.15. The molecule has 0 spiro atoms. The maximum atomic E-state index is 14.0. The number of aliphatic hydroxyl groups excluding tert-OH is 1. The third-order valence-electron chi connectivity index (χ3n) is 12.7. The highest BCUT2D eigenvalue weighted by Gasteiger charge is 2.38. The van der Waals surface area contributed by atoms with Gasteiger partial charge in [0.2, 0.25) is 65.0 Å². The van der Waals surface area contributed by atoms with Crippen LogP contribution in [-0.4, -0.2) is 170 Å². The molecule has 12 atom stereocenters. The van der Waals surface area contributed by atoms with Crippen LogP contribution in [0.25, 0.3) is 0 Å². The zero-order valence-corrected chi connectivity index (χ0v) is 47.2. The van der Waals surface area contributed by atoms with E-state index in [0.717, 1.165) is 0 Å². The molecular formula is C50H86N12O18. The summed E-state index contributed by atoms with van der Waals surface area (Å²) in [6, 6.07) is -15.5. The number of nitrogens with one attached hydrogen (secondary N) is 9. The zero-order valence-electron chi connectivity index (χ0n) is 47.2. The first kappa shape index (κ1) is 72.5. The summed E-state index contributed by atoms with van der Waals surface area (Å²) in [4.78, 5) is 181. The van der Waals surface area contributed by atoms with E-state index in [1.54, 1.807) is 55.4 Å². The van der Waals surface area contributed by atoms with Crippen molar-refractivity contribution < 1.29 is 87.5 Å². The van der Waals surface area contributed by atoms with Crippen molar-refractivity contribution in [1.82, 2.24) is 47.9 Å². The average molecular weight is 1140 g/mol. The number of hydrogen-bond acceptors (Lipinski definition) is 16. The Morgan fingerprint density at radius 1 is 0.400 bits per heavy atom. The Labute approximate surface area is 464 Å². The molecule has 0 heterocycles. The molecule has 0 fully saturated rings. The van der Waals surface area contributed by atoms with E-state index in [1.165, 1.54) is 13.8 Å². The minimum atomic E-state index is -1.86. The van der Waals surface area contributed by atoms with E-state index in [1.807, 2.05) is 0 Å². The highest BCUT2D eigenvalue weighted by atomic mass is 16.4. The van der Waals surface area contributed by atoms with Gasteiger partial charge >= 0.3 is 17.9 Å². The summed E-state index contributed by atoms with van der Waals surface area (Å²) >= 11 is 0. The van der Waals surface area contributed by atoms with Gasteiger partial charge in [0.25, 0.3) is 0 Å². The van der Waals surface area contributed by atoms with Crippen LogP contribution >= 0.6 is 0 Å². The lowest BCUT2D eigenvalue weighted by Gasteiger charge is -2.30. The molecule has 0 bridgehead atoms. The molecule has 0 saturated heterocycles. The summed E-state index contributed by atoms with van der Waals surface area (Å²) < 4.78 is 0. The van der Waals surface area contributed by atoms with Gasteiger partial charge in [0, 0.05) is 12.8 Å². The normalized spacial score (nSPS) is 15.7. The maximum absolute atomic E-state index is 14.0. The Hall–Kier alpha value is -7.50. The Balaban J connectivity index is 6.64. The van der Waals surface area contributed by atoms with Gasteiger partial charge in [-0.2, -0.15) is 0 Å². The molecule has 0 rings (SSSR count). The lowest BCUT2D eigenvalue weighted by Crippen LogP contribution is -2.62. The second-order valence-electron chi connectivity index (χ2n) is 20.9. The van der Waals surface area contributed by atoms with Gasteiger partial charge in [-0.25, -0.2) is 4.79 Å². The van der Waals surface area contributed by atoms with Gasteiger partial charge in [-0.3, -0.25) is 62.3 Å². The first-order chi connectivity index (χ1) is 37.1. The lowest BCUT2D eigenvalue weighted by molar-refractivity contribution is -0.144. The number of amides is 11. The minimum Gasteiger partial charge on any atom is -0.481 e. The molecule has 0 aromatic heterocycles. The number of carbonyl (C=O) groups is 14. The van der Waals surface area contributed by atoms with E-state index in [-0.39, 0.29) is 37.5 Å². The summed E-state index contributed by atoms with van der Waals surface area (Å²) in [7, 11) is 0. The van der Waals surface area contributed by atoms with Crippen LogP contribution in [0.3, 0.4) is 0 Å². The largest absolute Gasteiger partial charge is 0.481 e. The summed E-state index contributed by atoms with van der Waals surface area (Å²) in [5.41, 5.74) is 16.4. The first-order valence-corrected chi connectivity index (χ1v) is 26.4. The number of nitrogens with two attached hydrogens (primary N) is 3. The van der Waals surface area contributed by atoms with Crippen LogP contribution in [0.5, 0.6) is 0 Å². The molecule has 0 radical (unpaired) electrons. The number of carboxylic acid groups (broad SMARTS) is 3. The number of rotatable bonds is 39. The molecule has 30 nitrogen and oxygen atoms in total. The zero-order chi connectivity index (χ0) is 61.9. The molecule has 0 aliphatic rings. The van der Waals surface area contributed by atoms with Crippen molar-refractivity contribution in [2.75, 3.05) is 6.61 Å². The minimum absolute atomic E-state index is 0.00841. The molecule has 11 amide bonds. The third-order valence-corrected chi connectivity index (χ3v) is 12.7. The van der Waals surface area contributed by atoms with Gasteiger partial charge in [0.1, 0.15) is 54.4 Å². The fraction of sp³-hybridized carbons (Fsp3) is 0.720. The summed E-state index contributed by atoms with van der Waals surface area (Å²) in [5, 5.41) is 59.9. The van der Waals surface area contributed by atoms with Crippen LogP contribution < -0.4 is 65.1 Å². The number of aliphatic carboxylic acids is 3. The molecule has 454 valence electrons. The number of carboxylic acids is 3. The second-order valence-corrected chi connectivity index (χ2v) is 20.9. The van der Waals surface area contributed by atoms with Crippen LogP contribution in [0.4, 0.5) is 0 Å². The molecule has 0 saturated carbocycles. The molecular weight excluding hydrogens is 1060 g/mol. The lowest BCUT2D eigenvalue weighted by atomic mass is 9.96. The van der Waals surface area contributed by atoms with E-state index in [0.29, 0.717) is 6.42 Å². The van der Waals surface area contributed by atoms with Crippen molar-refractivity contribution in [1.29, 1.82) is 0 Å². The van der Waals surface area contributed by atoms with Gasteiger partial charge in [-0.15, -0.1) is 0 Å². The number of carbonyl (C=O) groups excluding carboxylic acids is 11. The van der Waals surface area contributed by atoms with E-state index in [2.05, 4.69) is 47.9 Å². The van der Waals surface area contributed by atoms with Crippen LogP contribution in [-0.2, 0) is 67.1 Å². The third kappa shape index (κ3) is 26.9. The first-order valence-electron chi connectivity index (χ1n) is 26.4. The molecule has 0 aliphatic heterocycles. The Morgan fingerprint density at radius 3 is 1.11 bits per heavy atom. The van der Waals surface area contributed by atoms with Crippen molar-refractivity contribution in [2.45, 2.75) is 194 Å². The molecule has 19 N–H and O–H groups in total. The van der Waals surface area contributed by atoms with Gasteiger partial charge in [0.15, 0.2) is 0 Å². The number of hydrogen-bond donors (Lipinski definition) is 16. The van der Waals surface area contributed by atoms with Gasteiger partial charge in [-0.1, -0.05) is 82.1 Å². The summed E-state index contributed by atoms with van der Waals surface area (Å²) in [6.07, 6.45) is -3.14. The van der Waals surface area contributed by atoms with Gasteiger partial charge in [0.05, 0.1) is 25.5 Å². The smallest absolute Gasteiger partial charge is 0.326 e. The molecule has 30 heteroatoms. The van der Waals surface area contributed by atoms with Crippen LogP contribution in [0.1, 0.15) is 133 Å². The molecule has 0 unspecified atom stereocenters. The van der Waals surface area contributed by atoms with Gasteiger partial charge in [-0.05, 0) is 55.3 Å². The van der Waals surface area contributed by atoms with E-state index >= 15 is 0 Å². The summed E-state index contributed by atoms with van der Waals surface area (Å²) in [6.45, 7) is 15.3. The van der Waals surface area contributed by atoms with Crippen molar-refractivity contribution in [3.63, 3.8) is 0 Å². The van der Waals surface area contributed by atoms with Crippen molar-refractivity contribution in [3.8, 4) is 0 Å². The fourth-order valence-electron chi connectivity index (χ4n) is 7.67. The average Bonchev–Trinajstić information content (AvgIpc) is 3.35. The quantitative estimate of drug-likeness (QED) is 0.0280. The Bertz CT molecular complexity index is 2190. The van der Waals surface area contributed by atoms with Crippen LogP contribution in [0.2, 0.25) is 0 Å². The van der Waals surface area contributed by atoms with E-state index < -0.39 is 200 Å². The Morgan fingerprint density at radius 2 is 0.725 bits per heavy atom. The van der Waals surface area contributed by atoms with Gasteiger partial charge < -0.3 is 85.5 Å². The number of aliphatic hydroxyl groups is 1. The maximum Gasteiger partial charge on any atom is 0.326 e. The fourth-order valence-corrected chi connectivity index (χ4v) is 7.67. The molecule has 0 aromatic carbocycles. The second kappa shape index (κ2) is 35.9. The summed E-state index contributed by atoms with van der Waals surface area (Å²) in [5.74, 6) is -18.0. The Kier molecular flexibility index (Phi) is 32.5. The monoisotopic (exact) mass is 1140 g/mol.